The number of nitrogens with zero attached hydrogens (tertiary/aromatic N) is 3. The number of alkyl carbamates (subject to hydrolysis) is 1. The summed E-state index contributed by atoms with van der Waals surface area (Å²) in [5, 5.41) is 14.7. The predicted molar refractivity (Wildman–Crippen MR) is 103 cm³/mol. The molecule has 9 heteroatoms. The van der Waals surface area contributed by atoms with E-state index >= 15 is 0 Å². The highest BCUT2D eigenvalue weighted by Crippen LogP contribution is 2.41. The molecular weight excluding hydrogens is 366 g/mol. The van der Waals surface area contributed by atoms with Crippen molar-refractivity contribution in [3.05, 3.63) is 21.9 Å². The maximum absolute atomic E-state index is 13.0. The zero-order valence-electron chi connectivity index (χ0n) is 16.4. The maximum atomic E-state index is 13.0. The van der Waals surface area contributed by atoms with Gasteiger partial charge in [-0.15, -0.1) is 11.3 Å². The van der Waals surface area contributed by atoms with E-state index in [1.54, 1.807) is 47.0 Å². The quantitative estimate of drug-likeness (QED) is 0.820. The van der Waals surface area contributed by atoms with Crippen molar-refractivity contribution in [3.63, 3.8) is 0 Å². The molecule has 0 unspecified atom stereocenters. The molecule has 2 heterocycles. The van der Waals surface area contributed by atoms with E-state index in [0.29, 0.717) is 11.4 Å². The summed E-state index contributed by atoms with van der Waals surface area (Å²) in [6.45, 7) is 7.51. The number of nitrogens with one attached hydrogen (secondary N) is 2. The average molecular weight is 391 g/mol. The Kier molecular flexibility index (Phi) is 5.92. The van der Waals surface area contributed by atoms with E-state index in [-0.39, 0.29) is 11.9 Å². The number of carbonyl (C=O) groups excluding carboxylic acids is 2. The number of rotatable bonds is 3. The Labute approximate surface area is 163 Å². The first kappa shape index (κ1) is 20.9. The summed E-state index contributed by atoms with van der Waals surface area (Å²) in [7, 11) is 3.33. The number of carbonyl (C=O) groups is 2. The molecule has 2 N–H and O–H groups in total. The minimum Gasteiger partial charge on any atom is -0.444 e. The van der Waals surface area contributed by atoms with Gasteiger partial charge >= 0.3 is 6.09 Å². The monoisotopic (exact) mass is 391 g/mol. The van der Waals surface area contributed by atoms with Crippen LogP contribution in [0.3, 0.4) is 0 Å². The van der Waals surface area contributed by atoms with Gasteiger partial charge in [0.15, 0.2) is 0 Å². The largest absolute Gasteiger partial charge is 0.444 e. The van der Waals surface area contributed by atoms with Gasteiger partial charge in [-0.05, 0) is 46.9 Å². The lowest BCUT2D eigenvalue weighted by molar-refractivity contribution is -0.133. The second-order valence-electron chi connectivity index (χ2n) is 7.49. The molecule has 1 aliphatic heterocycles. The van der Waals surface area contributed by atoms with Crippen LogP contribution in [0, 0.1) is 17.2 Å². The van der Waals surface area contributed by atoms with E-state index in [4.69, 9.17) is 15.0 Å². The van der Waals surface area contributed by atoms with Crippen LogP contribution in [0.25, 0.3) is 0 Å². The lowest BCUT2D eigenvalue weighted by Gasteiger charge is -2.40. The van der Waals surface area contributed by atoms with Crippen LogP contribution in [-0.4, -0.2) is 49.1 Å². The Morgan fingerprint density at radius 2 is 2.15 bits per heavy atom. The second-order valence-corrected chi connectivity index (χ2v) is 8.58. The first-order chi connectivity index (χ1) is 12.5. The van der Waals surface area contributed by atoms with Crippen molar-refractivity contribution in [1.82, 2.24) is 15.5 Å². The van der Waals surface area contributed by atoms with E-state index in [1.165, 1.54) is 16.2 Å². The molecule has 1 aromatic heterocycles. The van der Waals surface area contributed by atoms with E-state index in [0.717, 1.165) is 4.88 Å². The molecule has 0 aliphatic carbocycles. The zero-order chi connectivity index (χ0) is 20.4. The van der Waals surface area contributed by atoms with E-state index in [1.807, 2.05) is 6.92 Å². The van der Waals surface area contributed by atoms with Crippen molar-refractivity contribution >= 4 is 29.3 Å². The molecule has 8 nitrogen and oxygen atoms in total. The highest BCUT2D eigenvalue weighted by Gasteiger charge is 2.47. The lowest BCUT2D eigenvalue weighted by atomic mass is 9.82. The van der Waals surface area contributed by atoms with E-state index < -0.39 is 23.2 Å². The second kappa shape index (κ2) is 7.66. The van der Waals surface area contributed by atoms with Gasteiger partial charge in [-0.25, -0.2) is 9.79 Å². The summed E-state index contributed by atoms with van der Waals surface area (Å²) in [5.41, 5.74) is -1.59. The van der Waals surface area contributed by atoms with Gasteiger partial charge in [0.25, 0.3) is 0 Å². The maximum Gasteiger partial charge on any atom is 0.414 e. The Morgan fingerprint density at radius 1 is 1.48 bits per heavy atom. The van der Waals surface area contributed by atoms with Gasteiger partial charge in [-0.3, -0.25) is 15.0 Å². The Bertz CT molecular complexity index is 805. The molecule has 146 valence electrons. The number of ether oxygens (including phenoxy) is 1. The van der Waals surface area contributed by atoms with E-state index in [2.05, 4.69) is 16.7 Å². The molecule has 2 atom stereocenters. The molecular formula is C18H25N5O3S. The van der Waals surface area contributed by atoms with E-state index in [9.17, 15) is 9.59 Å². The fourth-order valence-corrected chi connectivity index (χ4v) is 3.79. The molecule has 0 saturated carbocycles. The van der Waals surface area contributed by atoms with Crippen LogP contribution in [0.5, 0.6) is 0 Å². The topological polar surface area (TPSA) is 107 Å². The van der Waals surface area contributed by atoms with Crippen LogP contribution >= 0.6 is 11.3 Å². The Morgan fingerprint density at radius 3 is 2.67 bits per heavy atom. The molecule has 0 aromatic carbocycles. The van der Waals surface area contributed by atoms with Crippen LogP contribution in [0.2, 0.25) is 0 Å². The van der Waals surface area contributed by atoms with Crippen molar-refractivity contribution in [2.75, 3.05) is 20.6 Å². The first-order valence-electron chi connectivity index (χ1n) is 8.54. The highest BCUT2D eigenvalue weighted by atomic mass is 32.1. The molecule has 2 amide bonds. The van der Waals surface area contributed by atoms with Crippen molar-refractivity contribution in [1.29, 1.82) is 5.26 Å². The smallest absolute Gasteiger partial charge is 0.414 e. The SMILES string of the molecule is CNC[C@H]1C(=O)N(C)C(NC(=O)OC(C)(C)C)=N[C@]1(C)c1ccc(C#N)s1. The summed E-state index contributed by atoms with van der Waals surface area (Å²) in [4.78, 5) is 32.5. The van der Waals surface area contributed by atoms with Crippen molar-refractivity contribution < 1.29 is 14.3 Å². The number of nitriles is 1. The molecule has 0 bridgehead atoms. The van der Waals surface area contributed by atoms with Gasteiger partial charge in [-0.2, -0.15) is 5.26 Å². The standard InChI is InChI=1S/C18H25N5O3S/c1-17(2,3)26-16(25)21-15-22-18(4,13-8-7-11(9-19)27-13)12(10-20-5)14(24)23(15)6/h7-8,12,20H,10H2,1-6H3,(H,21,22,25)/t12-,18-/m0/s1. The third-order valence-electron chi connectivity index (χ3n) is 4.20. The van der Waals surface area contributed by atoms with Gasteiger partial charge in [0, 0.05) is 18.5 Å². The Hall–Kier alpha value is -2.44. The molecule has 0 spiro atoms. The van der Waals surface area contributed by atoms with Crippen molar-refractivity contribution in [3.8, 4) is 6.07 Å². The minimum atomic E-state index is -0.920. The number of thiophene rings is 1. The highest BCUT2D eigenvalue weighted by molar-refractivity contribution is 7.12. The summed E-state index contributed by atoms with van der Waals surface area (Å²) < 4.78 is 5.27. The molecule has 0 radical (unpaired) electrons. The lowest BCUT2D eigenvalue weighted by Crippen LogP contribution is -2.58. The van der Waals surface area contributed by atoms with Gasteiger partial charge < -0.3 is 10.1 Å². The predicted octanol–water partition coefficient (Wildman–Crippen LogP) is 2.02. The normalized spacial score (nSPS) is 22.9. The molecule has 2 rings (SSSR count). The van der Waals surface area contributed by atoms with Gasteiger partial charge in [0.05, 0.1) is 5.92 Å². The molecule has 0 saturated heterocycles. The number of hydrogen-bond acceptors (Lipinski definition) is 7. The van der Waals surface area contributed by atoms with Gasteiger partial charge in [-0.1, -0.05) is 0 Å². The van der Waals surface area contributed by atoms with Crippen LogP contribution in [0.15, 0.2) is 17.1 Å². The summed E-state index contributed by atoms with van der Waals surface area (Å²) in [5.74, 6) is -0.544. The minimum absolute atomic E-state index is 0.121. The molecule has 1 aromatic rings. The summed E-state index contributed by atoms with van der Waals surface area (Å²) >= 11 is 1.29. The molecule has 0 fully saturated rings. The Balaban J connectivity index is 2.46. The molecule has 27 heavy (non-hydrogen) atoms. The van der Waals surface area contributed by atoms with Crippen LogP contribution in [-0.2, 0) is 15.1 Å². The average Bonchev–Trinajstić information content (AvgIpc) is 3.04. The number of hydrogen-bond donors (Lipinski definition) is 2. The summed E-state index contributed by atoms with van der Waals surface area (Å²) in [6, 6.07) is 5.62. The summed E-state index contributed by atoms with van der Waals surface area (Å²) in [6.07, 6.45) is -0.681. The third kappa shape index (κ3) is 4.46. The van der Waals surface area contributed by atoms with Crippen molar-refractivity contribution in [2.45, 2.75) is 38.8 Å². The number of guanidine groups is 1. The fraction of sp³-hybridized carbons (Fsp3) is 0.556. The fourth-order valence-electron chi connectivity index (χ4n) is 2.85. The first-order valence-corrected chi connectivity index (χ1v) is 9.36. The third-order valence-corrected chi connectivity index (χ3v) is 5.42. The number of aliphatic imine (C=N–C) groups is 1. The van der Waals surface area contributed by atoms with Gasteiger partial charge in [0.2, 0.25) is 11.9 Å². The number of amides is 2. The van der Waals surface area contributed by atoms with Gasteiger partial charge in [0.1, 0.15) is 22.1 Å². The van der Waals surface area contributed by atoms with Crippen LogP contribution < -0.4 is 10.6 Å². The van der Waals surface area contributed by atoms with Crippen LogP contribution in [0.4, 0.5) is 4.79 Å². The molecule has 1 aliphatic rings. The van der Waals surface area contributed by atoms with Crippen LogP contribution in [0.1, 0.15) is 37.4 Å². The van der Waals surface area contributed by atoms with Crippen molar-refractivity contribution in [2.24, 2.45) is 10.9 Å². The zero-order valence-corrected chi connectivity index (χ0v) is 17.2.